The van der Waals surface area contributed by atoms with Crippen LogP contribution in [0.25, 0.3) is 0 Å². The van der Waals surface area contributed by atoms with Crippen LogP contribution in [0.3, 0.4) is 0 Å². The van der Waals surface area contributed by atoms with Crippen molar-refractivity contribution in [2.75, 3.05) is 17.2 Å². The number of carbonyl (C=O) groups is 2. The van der Waals surface area contributed by atoms with Crippen LogP contribution in [0.15, 0.2) is 42.5 Å². The van der Waals surface area contributed by atoms with E-state index in [1.807, 2.05) is 0 Å². The Bertz CT molecular complexity index is 702. The number of halogens is 2. The summed E-state index contributed by atoms with van der Waals surface area (Å²) >= 11 is 5.76. The second-order valence-corrected chi connectivity index (χ2v) is 5.06. The number of carbonyl (C=O) groups excluding carboxylic acids is 2. The fourth-order valence-electron chi connectivity index (χ4n) is 1.94. The average molecular weight is 321 g/mol. The van der Waals surface area contributed by atoms with Gasteiger partial charge in [-0.2, -0.15) is 0 Å². The number of rotatable bonds is 5. The number of hydrogen-bond acceptors (Lipinski definition) is 3. The molecule has 0 atom stereocenters. The summed E-state index contributed by atoms with van der Waals surface area (Å²) in [6, 6.07) is 10.9. The minimum Gasteiger partial charge on any atom is -0.375 e. The number of ketones is 1. The molecule has 2 aromatic carbocycles. The monoisotopic (exact) mass is 320 g/mol. The van der Waals surface area contributed by atoms with Gasteiger partial charge in [0, 0.05) is 16.4 Å². The third-order valence-electron chi connectivity index (χ3n) is 2.93. The Labute approximate surface area is 132 Å². The minimum absolute atomic E-state index is 0.0539. The zero-order valence-electron chi connectivity index (χ0n) is 11.8. The number of Topliss-reactive ketones (excluding diaryl/α,β-unsaturated/α-hetero) is 1. The molecule has 0 aliphatic heterocycles. The van der Waals surface area contributed by atoms with Gasteiger partial charge in [-0.3, -0.25) is 9.59 Å². The maximum atomic E-state index is 13.6. The molecule has 0 radical (unpaired) electrons. The van der Waals surface area contributed by atoms with E-state index in [-0.39, 0.29) is 18.0 Å². The molecule has 0 bridgehead atoms. The van der Waals surface area contributed by atoms with E-state index in [1.165, 1.54) is 19.1 Å². The Balaban J connectivity index is 2.01. The second kappa shape index (κ2) is 7.04. The number of amides is 1. The van der Waals surface area contributed by atoms with Gasteiger partial charge in [-0.15, -0.1) is 0 Å². The van der Waals surface area contributed by atoms with E-state index in [9.17, 15) is 14.0 Å². The summed E-state index contributed by atoms with van der Waals surface area (Å²) in [5, 5.41) is 6.00. The van der Waals surface area contributed by atoms with E-state index in [0.717, 1.165) is 0 Å². The molecule has 1 amide bonds. The number of anilines is 2. The first-order chi connectivity index (χ1) is 10.5. The van der Waals surface area contributed by atoms with Gasteiger partial charge in [-0.25, -0.2) is 4.39 Å². The van der Waals surface area contributed by atoms with Crippen LogP contribution >= 0.6 is 11.6 Å². The van der Waals surface area contributed by atoms with Crippen molar-refractivity contribution in [1.82, 2.24) is 0 Å². The zero-order valence-corrected chi connectivity index (χ0v) is 12.6. The number of nitrogens with one attached hydrogen (secondary N) is 2. The summed E-state index contributed by atoms with van der Waals surface area (Å²) in [5.41, 5.74) is 0.836. The molecular formula is C16H14ClFN2O2. The second-order valence-electron chi connectivity index (χ2n) is 4.63. The third-order valence-corrected chi connectivity index (χ3v) is 3.19. The Hall–Kier alpha value is -2.40. The van der Waals surface area contributed by atoms with E-state index in [0.29, 0.717) is 16.4 Å². The SMILES string of the molecule is CC(=O)c1c(F)cccc1NCC(=O)Nc1ccc(Cl)cc1. The van der Waals surface area contributed by atoms with Crippen LogP contribution in [0, 0.1) is 5.82 Å². The van der Waals surface area contributed by atoms with E-state index >= 15 is 0 Å². The quantitative estimate of drug-likeness (QED) is 0.825. The highest BCUT2D eigenvalue weighted by atomic mass is 35.5. The first kappa shape index (κ1) is 16.0. The van der Waals surface area contributed by atoms with Gasteiger partial charge in [0.15, 0.2) is 5.78 Å². The third kappa shape index (κ3) is 4.05. The van der Waals surface area contributed by atoms with E-state index in [2.05, 4.69) is 10.6 Å². The van der Waals surface area contributed by atoms with Crippen LogP contribution in [-0.4, -0.2) is 18.2 Å². The molecule has 0 heterocycles. The molecule has 2 aromatic rings. The van der Waals surface area contributed by atoms with Crippen molar-refractivity contribution >= 4 is 34.7 Å². The van der Waals surface area contributed by atoms with Crippen molar-refractivity contribution < 1.29 is 14.0 Å². The highest BCUT2D eigenvalue weighted by Gasteiger charge is 2.13. The van der Waals surface area contributed by atoms with Crippen LogP contribution in [0.5, 0.6) is 0 Å². The molecule has 114 valence electrons. The van der Waals surface area contributed by atoms with Crippen molar-refractivity contribution in [3.63, 3.8) is 0 Å². The van der Waals surface area contributed by atoms with Gasteiger partial charge in [0.25, 0.3) is 0 Å². The first-order valence-electron chi connectivity index (χ1n) is 6.56. The number of benzene rings is 2. The molecule has 4 nitrogen and oxygen atoms in total. The molecule has 2 N–H and O–H groups in total. The van der Waals surface area contributed by atoms with Gasteiger partial charge in [0.05, 0.1) is 12.1 Å². The minimum atomic E-state index is -0.615. The van der Waals surface area contributed by atoms with Crippen LogP contribution < -0.4 is 10.6 Å². The Kier molecular flexibility index (Phi) is 5.12. The summed E-state index contributed by atoms with van der Waals surface area (Å²) in [5.74, 6) is -1.34. The molecule has 22 heavy (non-hydrogen) atoms. The molecular weight excluding hydrogens is 307 g/mol. The highest BCUT2D eigenvalue weighted by Crippen LogP contribution is 2.19. The van der Waals surface area contributed by atoms with Crippen molar-refractivity contribution in [2.45, 2.75) is 6.92 Å². The molecule has 0 aromatic heterocycles. The van der Waals surface area contributed by atoms with Gasteiger partial charge in [0.1, 0.15) is 5.82 Å². The molecule has 0 saturated heterocycles. The van der Waals surface area contributed by atoms with Gasteiger partial charge in [-0.05, 0) is 43.3 Å². The van der Waals surface area contributed by atoms with Crippen molar-refractivity contribution in [3.8, 4) is 0 Å². The summed E-state index contributed by atoms with van der Waals surface area (Å²) in [4.78, 5) is 23.3. The Morgan fingerprint density at radius 1 is 1.14 bits per heavy atom. The predicted molar refractivity (Wildman–Crippen MR) is 85.0 cm³/mol. The lowest BCUT2D eigenvalue weighted by Gasteiger charge is -2.11. The van der Waals surface area contributed by atoms with Crippen molar-refractivity contribution in [3.05, 3.63) is 58.9 Å². The van der Waals surface area contributed by atoms with Crippen LogP contribution in [0.2, 0.25) is 5.02 Å². The normalized spacial score (nSPS) is 10.1. The molecule has 0 fully saturated rings. The summed E-state index contributed by atoms with van der Waals surface area (Å²) in [6.07, 6.45) is 0. The van der Waals surface area contributed by atoms with Crippen LogP contribution in [-0.2, 0) is 4.79 Å². The number of hydrogen-bond donors (Lipinski definition) is 2. The average Bonchev–Trinajstić information content (AvgIpc) is 2.47. The highest BCUT2D eigenvalue weighted by molar-refractivity contribution is 6.30. The fraction of sp³-hybridized carbons (Fsp3) is 0.125. The lowest BCUT2D eigenvalue weighted by molar-refractivity contribution is -0.114. The largest absolute Gasteiger partial charge is 0.375 e. The van der Waals surface area contributed by atoms with E-state index in [1.54, 1.807) is 30.3 Å². The van der Waals surface area contributed by atoms with Crippen molar-refractivity contribution in [2.24, 2.45) is 0 Å². The summed E-state index contributed by atoms with van der Waals surface area (Å²) in [6.45, 7) is 1.18. The molecule has 0 aliphatic rings. The van der Waals surface area contributed by atoms with Gasteiger partial charge >= 0.3 is 0 Å². The smallest absolute Gasteiger partial charge is 0.243 e. The molecule has 2 rings (SSSR count). The maximum Gasteiger partial charge on any atom is 0.243 e. The van der Waals surface area contributed by atoms with Crippen molar-refractivity contribution in [1.29, 1.82) is 0 Å². The van der Waals surface area contributed by atoms with E-state index in [4.69, 9.17) is 11.6 Å². The summed E-state index contributed by atoms with van der Waals surface area (Å²) in [7, 11) is 0. The first-order valence-corrected chi connectivity index (χ1v) is 6.94. The lowest BCUT2D eigenvalue weighted by Crippen LogP contribution is -2.22. The molecule has 6 heteroatoms. The van der Waals surface area contributed by atoms with E-state index < -0.39 is 11.6 Å². The molecule has 0 saturated carbocycles. The zero-order chi connectivity index (χ0) is 16.1. The van der Waals surface area contributed by atoms with Crippen LogP contribution in [0.1, 0.15) is 17.3 Å². The topological polar surface area (TPSA) is 58.2 Å². The standard InChI is InChI=1S/C16H14ClFN2O2/c1-10(21)16-13(18)3-2-4-14(16)19-9-15(22)20-12-7-5-11(17)6-8-12/h2-8,19H,9H2,1H3,(H,20,22). The maximum absolute atomic E-state index is 13.6. The van der Waals surface area contributed by atoms with Gasteiger partial charge in [-0.1, -0.05) is 17.7 Å². The van der Waals surface area contributed by atoms with Gasteiger partial charge < -0.3 is 10.6 Å². The lowest BCUT2D eigenvalue weighted by atomic mass is 10.1. The molecule has 0 unspecified atom stereocenters. The molecule has 0 spiro atoms. The Morgan fingerprint density at radius 2 is 1.82 bits per heavy atom. The predicted octanol–water partition coefficient (Wildman–Crippen LogP) is 3.73. The summed E-state index contributed by atoms with van der Waals surface area (Å²) < 4.78 is 13.6. The Morgan fingerprint density at radius 3 is 2.45 bits per heavy atom. The fourth-order valence-corrected chi connectivity index (χ4v) is 2.07. The molecule has 0 aliphatic carbocycles. The van der Waals surface area contributed by atoms with Crippen LogP contribution in [0.4, 0.5) is 15.8 Å². The van der Waals surface area contributed by atoms with Gasteiger partial charge in [0.2, 0.25) is 5.91 Å².